The van der Waals surface area contributed by atoms with Crippen LogP contribution in [0.3, 0.4) is 0 Å². The first-order valence-electron chi connectivity index (χ1n) is 4.48. The molecule has 1 rings (SSSR count). The van der Waals surface area contributed by atoms with E-state index in [1.807, 2.05) is 20.2 Å². The molecular weight excluding hydrogens is 240 g/mol. The lowest BCUT2D eigenvalue weighted by atomic mass is 10.2. The second-order valence-corrected chi connectivity index (χ2v) is 4.46. The van der Waals surface area contributed by atoms with Crippen LogP contribution >= 0.6 is 15.9 Å². The maximum Gasteiger partial charge on any atom is 0.128 e. The zero-order chi connectivity index (χ0) is 10.7. The largest absolute Gasteiger partial charge is 0.356 e. The Kier molecular flexibility index (Phi) is 3.69. The van der Waals surface area contributed by atoms with Crippen LogP contribution in [0, 0.1) is 6.92 Å². The minimum Gasteiger partial charge on any atom is -0.356 e. The molecule has 14 heavy (non-hydrogen) atoms. The molecule has 0 unspecified atom stereocenters. The fourth-order valence-electron chi connectivity index (χ4n) is 1.22. The van der Waals surface area contributed by atoms with Gasteiger partial charge in [-0.1, -0.05) is 12.2 Å². The second-order valence-electron chi connectivity index (χ2n) is 3.60. The van der Waals surface area contributed by atoms with Gasteiger partial charge >= 0.3 is 0 Å². The molecule has 0 saturated heterocycles. The zero-order valence-corrected chi connectivity index (χ0v) is 10.4. The minimum atomic E-state index is 0.841. The summed E-state index contributed by atoms with van der Waals surface area (Å²) in [5.41, 5.74) is 2.33. The Balaban J connectivity index is 2.85. The third kappa shape index (κ3) is 2.84. The van der Waals surface area contributed by atoms with E-state index < -0.39 is 0 Å². The van der Waals surface area contributed by atoms with Gasteiger partial charge in [0.1, 0.15) is 5.82 Å². The SMILES string of the molecule is C=C(C)CN(C)c1cc(C)c(Br)cn1. The Hall–Kier alpha value is -0.830. The van der Waals surface area contributed by atoms with Crippen molar-refractivity contribution in [3.8, 4) is 0 Å². The summed E-state index contributed by atoms with van der Waals surface area (Å²) in [5, 5.41) is 0. The number of aryl methyl sites for hydroxylation is 1. The summed E-state index contributed by atoms with van der Waals surface area (Å²) < 4.78 is 1.05. The van der Waals surface area contributed by atoms with Gasteiger partial charge in [-0.05, 0) is 41.4 Å². The monoisotopic (exact) mass is 254 g/mol. The van der Waals surface area contributed by atoms with Gasteiger partial charge < -0.3 is 4.90 Å². The predicted octanol–water partition coefficient (Wildman–Crippen LogP) is 3.16. The van der Waals surface area contributed by atoms with Gasteiger partial charge in [-0.2, -0.15) is 0 Å². The summed E-state index contributed by atoms with van der Waals surface area (Å²) >= 11 is 3.43. The third-order valence-corrected chi connectivity index (χ3v) is 2.76. The number of nitrogens with zero attached hydrogens (tertiary/aromatic N) is 2. The van der Waals surface area contributed by atoms with E-state index in [-0.39, 0.29) is 0 Å². The summed E-state index contributed by atoms with van der Waals surface area (Å²) in [6.07, 6.45) is 1.83. The lowest BCUT2D eigenvalue weighted by Crippen LogP contribution is -2.20. The smallest absolute Gasteiger partial charge is 0.128 e. The van der Waals surface area contributed by atoms with Gasteiger partial charge in [0.05, 0.1) is 0 Å². The number of likely N-dealkylation sites (N-methyl/N-ethyl adjacent to an activating group) is 1. The summed E-state index contributed by atoms with van der Waals surface area (Å²) in [4.78, 5) is 6.42. The van der Waals surface area contributed by atoms with Crippen LogP contribution in [0.25, 0.3) is 0 Å². The van der Waals surface area contributed by atoms with E-state index in [2.05, 4.69) is 45.4 Å². The first-order chi connectivity index (χ1) is 6.50. The van der Waals surface area contributed by atoms with E-state index in [4.69, 9.17) is 0 Å². The minimum absolute atomic E-state index is 0.841. The van der Waals surface area contributed by atoms with Gasteiger partial charge in [-0.3, -0.25) is 0 Å². The van der Waals surface area contributed by atoms with Crippen molar-refractivity contribution in [2.45, 2.75) is 13.8 Å². The van der Waals surface area contributed by atoms with Gasteiger partial charge in [0.25, 0.3) is 0 Å². The van der Waals surface area contributed by atoms with Crippen molar-refractivity contribution >= 4 is 21.7 Å². The number of pyridine rings is 1. The highest BCUT2D eigenvalue weighted by Crippen LogP contribution is 2.19. The van der Waals surface area contributed by atoms with Gasteiger partial charge in [0.15, 0.2) is 0 Å². The highest BCUT2D eigenvalue weighted by atomic mass is 79.9. The average molecular weight is 255 g/mol. The number of rotatable bonds is 3. The first-order valence-corrected chi connectivity index (χ1v) is 5.27. The standard InChI is InChI=1S/C11H15BrN2/c1-8(2)7-14(4)11-5-9(3)10(12)6-13-11/h5-6H,1,7H2,2-4H3. The maximum absolute atomic E-state index is 4.33. The van der Waals surface area contributed by atoms with Crippen molar-refractivity contribution in [3.63, 3.8) is 0 Å². The van der Waals surface area contributed by atoms with Gasteiger partial charge in [0, 0.05) is 24.3 Å². The van der Waals surface area contributed by atoms with Crippen molar-refractivity contribution < 1.29 is 0 Å². The van der Waals surface area contributed by atoms with Crippen molar-refractivity contribution in [1.29, 1.82) is 0 Å². The van der Waals surface area contributed by atoms with Crippen LogP contribution in [0.1, 0.15) is 12.5 Å². The Labute approximate surface area is 93.8 Å². The van der Waals surface area contributed by atoms with E-state index >= 15 is 0 Å². The molecule has 0 spiro atoms. The molecule has 0 radical (unpaired) electrons. The molecule has 0 atom stereocenters. The van der Waals surface area contributed by atoms with Crippen LogP contribution in [-0.2, 0) is 0 Å². The Morgan fingerprint density at radius 2 is 2.29 bits per heavy atom. The topological polar surface area (TPSA) is 16.1 Å². The van der Waals surface area contributed by atoms with Crippen LogP contribution < -0.4 is 4.90 Å². The van der Waals surface area contributed by atoms with Gasteiger partial charge in [-0.15, -0.1) is 0 Å². The van der Waals surface area contributed by atoms with E-state index in [1.54, 1.807) is 0 Å². The molecule has 3 heteroatoms. The Morgan fingerprint density at radius 3 is 2.79 bits per heavy atom. The maximum atomic E-state index is 4.33. The molecule has 0 fully saturated rings. The van der Waals surface area contributed by atoms with Crippen molar-refractivity contribution in [3.05, 3.63) is 34.5 Å². The number of halogens is 1. The van der Waals surface area contributed by atoms with Crippen LogP contribution in [0.4, 0.5) is 5.82 Å². The molecule has 0 bridgehead atoms. The van der Waals surface area contributed by atoms with E-state index in [9.17, 15) is 0 Å². The fraction of sp³-hybridized carbons (Fsp3) is 0.364. The molecular formula is C11H15BrN2. The molecule has 1 aromatic heterocycles. The quantitative estimate of drug-likeness (QED) is 0.771. The molecule has 2 nitrogen and oxygen atoms in total. The van der Waals surface area contributed by atoms with E-state index in [0.717, 1.165) is 22.4 Å². The molecule has 0 saturated carbocycles. The van der Waals surface area contributed by atoms with Crippen LogP contribution in [0.2, 0.25) is 0 Å². The van der Waals surface area contributed by atoms with Crippen LogP contribution in [0.5, 0.6) is 0 Å². The van der Waals surface area contributed by atoms with Crippen molar-refractivity contribution in [1.82, 2.24) is 4.98 Å². The summed E-state index contributed by atoms with van der Waals surface area (Å²) in [7, 11) is 2.02. The fourth-order valence-corrected chi connectivity index (χ4v) is 1.44. The number of hydrogen-bond acceptors (Lipinski definition) is 2. The molecule has 0 aliphatic heterocycles. The highest BCUT2D eigenvalue weighted by molar-refractivity contribution is 9.10. The Morgan fingerprint density at radius 1 is 1.64 bits per heavy atom. The molecule has 1 aromatic rings. The number of hydrogen-bond donors (Lipinski definition) is 0. The molecule has 76 valence electrons. The third-order valence-electron chi connectivity index (χ3n) is 1.93. The number of aromatic nitrogens is 1. The van der Waals surface area contributed by atoms with Gasteiger partial charge in [-0.25, -0.2) is 4.98 Å². The van der Waals surface area contributed by atoms with Crippen LogP contribution in [0.15, 0.2) is 28.9 Å². The Bertz CT molecular complexity index is 347. The highest BCUT2D eigenvalue weighted by Gasteiger charge is 2.03. The van der Waals surface area contributed by atoms with Gasteiger partial charge in [0.2, 0.25) is 0 Å². The predicted molar refractivity (Wildman–Crippen MR) is 64.8 cm³/mol. The average Bonchev–Trinajstić information content (AvgIpc) is 2.08. The number of anilines is 1. The molecule has 0 aliphatic carbocycles. The molecule has 0 aromatic carbocycles. The normalized spacial score (nSPS) is 10.0. The molecule has 0 amide bonds. The summed E-state index contributed by atoms with van der Waals surface area (Å²) in [5.74, 6) is 0.980. The first kappa shape index (κ1) is 11.2. The second kappa shape index (κ2) is 4.60. The van der Waals surface area contributed by atoms with Crippen LogP contribution in [-0.4, -0.2) is 18.6 Å². The lowest BCUT2D eigenvalue weighted by Gasteiger charge is -2.18. The van der Waals surface area contributed by atoms with E-state index in [1.165, 1.54) is 5.56 Å². The molecule has 0 N–H and O–H groups in total. The zero-order valence-electron chi connectivity index (χ0n) is 8.84. The van der Waals surface area contributed by atoms with E-state index in [0.29, 0.717) is 0 Å². The van der Waals surface area contributed by atoms with Crippen molar-refractivity contribution in [2.75, 3.05) is 18.5 Å². The summed E-state index contributed by atoms with van der Waals surface area (Å²) in [6.45, 7) is 8.80. The summed E-state index contributed by atoms with van der Waals surface area (Å²) in [6, 6.07) is 2.06. The molecule has 1 heterocycles. The molecule has 0 aliphatic rings. The lowest BCUT2D eigenvalue weighted by molar-refractivity contribution is 0.950. The van der Waals surface area contributed by atoms with Crippen molar-refractivity contribution in [2.24, 2.45) is 0 Å².